The Labute approximate surface area is 107 Å². The number of allylic oxidation sites excluding steroid dienone is 1. The molecule has 0 unspecified atom stereocenters. The van der Waals surface area contributed by atoms with Gasteiger partial charge in [-0.2, -0.15) is 13.2 Å². The summed E-state index contributed by atoms with van der Waals surface area (Å²) < 4.78 is 35.0. The van der Waals surface area contributed by atoms with Gasteiger partial charge in [0.1, 0.15) is 0 Å². The van der Waals surface area contributed by atoms with Gasteiger partial charge in [-0.25, -0.2) is 0 Å². The molecule has 6 heteroatoms. The lowest BCUT2D eigenvalue weighted by atomic mass is 10.2. The fourth-order valence-corrected chi connectivity index (χ4v) is 1.81. The van der Waals surface area contributed by atoms with E-state index in [0.29, 0.717) is 0 Å². The summed E-state index contributed by atoms with van der Waals surface area (Å²) in [6.07, 6.45) is -1.19. The molecule has 98 valence electrons. The van der Waals surface area contributed by atoms with E-state index in [4.69, 9.17) is 0 Å². The van der Waals surface area contributed by atoms with Crippen molar-refractivity contribution in [1.82, 2.24) is 5.32 Å². The molecular weight excluding hydrogens is 263 g/mol. The second-order valence-electron chi connectivity index (χ2n) is 3.35. The SMILES string of the molecule is C1=CSCC1.O=C(NC(F)(F)F)c1ccccc1. The first kappa shape index (κ1) is 14.6. The number of carbonyl (C=O) groups excluding carboxylic acids is 1. The Balaban J connectivity index is 0.000000269. The fourth-order valence-electron chi connectivity index (χ4n) is 1.13. The summed E-state index contributed by atoms with van der Waals surface area (Å²) in [6, 6.07) is 7.21. The standard InChI is InChI=1S/C8H6F3NO.C4H6S/c9-8(10,11)12-7(13)6-4-2-1-3-5-6;1-2-4-5-3-1/h1-5H,(H,12,13);1,3H,2,4H2. The van der Waals surface area contributed by atoms with Crippen molar-refractivity contribution in [2.24, 2.45) is 0 Å². The van der Waals surface area contributed by atoms with Crippen LogP contribution < -0.4 is 5.32 Å². The van der Waals surface area contributed by atoms with Crippen LogP contribution in [0.5, 0.6) is 0 Å². The molecule has 0 atom stereocenters. The van der Waals surface area contributed by atoms with E-state index in [9.17, 15) is 18.0 Å². The molecule has 1 heterocycles. The molecule has 1 aliphatic rings. The average Bonchev–Trinajstić information content (AvgIpc) is 2.86. The first-order chi connectivity index (χ1) is 8.49. The maximum absolute atomic E-state index is 11.7. The van der Waals surface area contributed by atoms with Gasteiger partial charge in [0, 0.05) is 11.3 Å². The van der Waals surface area contributed by atoms with Crippen LogP contribution in [-0.4, -0.2) is 18.0 Å². The number of carbonyl (C=O) groups is 1. The number of benzene rings is 1. The molecule has 1 aromatic carbocycles. The Kier molecular flexibility index (Phi) is 5.77. The highest BCUT2D eigenvalue weighted by Crippen LogP contribution is 2.12. The maximum atomic E-state index is 11.7. The average molecular weight is 275 g/mol. The van der Waals surface area contributed by atoms with Crippen LogP contribution in [0.2, 0.25) is 0 Å². The van der Waals surface area contributed by atoms with E-state index in [2.05, 4.69) is 11.5 Å². The van der Waals surface area contributed by atoms with Crippen LogP contribution in [0.4, 0.5) is 13.2 Å². The zero-order valence-corrected chi connectivity index (χ0v) is 10.2. The van der Waals surface area contributed by atoms with Crippen LogP contribution in [0.3, 0.4) is 0 Å². The number of halogens is 3. The van der Waals surface area contributed by atoms with Gasteiger partial charge in [-0.15, -0.1) is 11.8 Å². The van der Waals surface area contributed by atoms with Gasteiger partial charge < -0.3 is 0 Å². The lowest BCUT2D eigenvalue weighted by Crippen LogP contribution is -2.37. The predicted octanol–water partition coefficient (Wildman–Crippen LogP) is 3.57. The van der Waals surface area contributed by atoms with Gasteiger partial charge in [0.05, 0.1) is 0 Å². The summed E-state index contributed by atoms with van der Waals surface area (Å²) in [5.74, 6) is 0.160. The van der Waals surface area contributed by atoms with Crippen molar-refractivity contribution in [2.75, 3.05) is 5.75 Å². The van der Waals surface area contributed by atoms with Crippen molar-refractivity contribution in [2.45, 2.75) is 12.7 Å². The Hall–Kier alpha value is -1.43. The smallest absolute Gasteiger partial charge is 0.269 e. The predicted molar refractivity (Wildman–Crippen MR) is 66.2 cm³/mol. The van der Waals surface area contributed by atoms with Gasteiger partial charge in [0.2, 0.25) is 0 Å². The Bertz CT molecular complexity index is 398. The van der Waals surface area contributed by atoms with Crippen LogP contribution in [0, 0.1) is 0 Å². The van der Waals surface area contributed by atoms with Gasteiger partial charge in [-0.1, -0.05) is 24.3 Å². The zero-order valence-electron chi connectivity index (χ0n) is 9.41. The largest absolute Gasteiger partial charge is 0.484 e. The number of rotatable bonds is 1. The monoisotopic (exact) mass is 275 g/mol. The number of hydrogen-bond donors (Lipinski definition) is 1. The molecule has 1 amide bonds. The van der Waals surface area contributed by atoms with E-state index in [1.807, 2.05) is 11.8 Å². The normalized spacial score (nSPS) is 13.7. The van der Waals surface area contributed by atoms with E-state index in [1.54, 1.807) is 6.07 Å². The fraction of sp³-hybridized carbons (Fsp3) is 0.250. The molecule has 0 radical (unpaired) electrons. The van der Waals surface area contributed by atoms with Crippen LogP contribution in [-0.2, 0) is 0 Å². The third kappa shape index (κ3) is 6.34. The molecule has 0 saturated carbocycles. The summed E-state index contributed by atoms with van der Waals surface area (Å²) in [5.41, 5.74) is -0.0141. The van der Waals surface area contributed by atoms with E-state index in [1.165, 1.54) is 36.4 Å². The topological polar surface area (TPSA) is 29.1 Å². The molecule has 0 spiro atoms. The number of alkyl halides is 3. The van der Waals surface area contributed by atoms with E-state index in [0.717, 1.165) is 5.32 Å². The molecule has 2 nitrogen and oxygen atoms in total. The summed E-state index contributed by atoms with van der Waals surface area (Å²) in [4.78, 5) is 10.8. The molecule has 0 bridgehead atoms. The number of thioether (sulfide) groups is 1. The van der Waals surface area contributed by atoms with Gasteiger partial charge in [-0.05, 0) is 24.0 Å². The number of hydrogen-bond acceptors (Lipinski definition) is 2. The van der Waals surface area contributed by atoms with Crippen molar-refractivity contribution < 1.29 is 18.0 Å². The third-order valence-corrected chi connectivity index (χ3v) is 2.74. The molecule has 0 fully saturated rings. The van der Waals surface area contributed by atoms with Crippen molar-refractivity contribution in [3.05, 3.63) is 47.4 Å². The summed E-state index contributed by atoms with van der Waals surface area (Å²) >= 11 is 1.89. The Morgan fingerprint density at radius 3 is 2.28 bits per heavy atom. The number of nitrogens with one attached hydrogen (secondary N) is 1. The van der Waals surface area contributed by atoms with Gasteiger partial charge in [0.25, 0.3) is 5.91 Å². The third-order valence-electron chi connectivity index (χ3n) is 1.89. The molecule has 0 aromatic heterocycles. The highest BCUT2D eigenvalue weighted by Gasteiger charge is 2.30. The zero-order chi connectivity index (χ0) is 13.4. The van der Waals surface area contributed by atoms with Crippen molar-refractivity contribution in [1.29, 1.82) is 0 Å². The second-order valence-corrected chi connectivity index (χ2v) is 4.36. The van der Waals surface area contributed by atoms with Crippen LogP contribution >= 0.6 is 11.8 Å². The van der Waals surface area contributed by atoms with Gasteiger partial charge in [-0.3, -0.25) is 10.1 Å². The van der Waals surface area contributed by atoms with Crippen LogP contribution in [0.1, 0.15) is 16.8 Å². The van der Waals surface area contributed by atoms with Gasteiger partial charge >= 0.3 is 6.30 Å². The minimum Gasteiger partial charge on any atom is -0.269 e. The van der Waals surface area contributed by atoms with Crippen LogP contribution in [0.25, 0.3) is 0 Å². The highest BCUT2D eigenvalue weighted by molar-refractivity contribution is 8.02. The van der Waals surface area contributed by atoms with Gasteiger partial charge in [0.15, 0.2) is 0 Å². The molecule has 0 saturated heterocycles. The number of amides is 1. The summed E-state index contributed by atoms with van der Waals surface area (Å²) in [7, 11) is 0. The first-order valence-corrected chi connectivity index (χ1v) is 6.25. The minimum atomic E-state index is -4.67. The lowest BCUT2D eigenvalue weighted by molar-refractivity contribution is -0.146. The van der Waals surface area contributed by atoms with E-state index < -0.39 is 12.2 Å². The van der Waals surface area contributed by atoms with Crippen molar-refractivity contribution in [3.8, 4) is 0 Å². The quantitative estimate of drug-likeness (QED) is 0.794. The Morgan fingerprint density at radius 1 is 1.22 bits per heavy atom. The summed E-state index contributed by atoms with van der Waals surface area (Å²) in [6.45, 7) is 0. The second kappa shape index (κ2) is 7.10. The highest BCUT2D eigenvalue weighted by atomic mass is 32.2. The van der Waals surface area contributed by atoms with Crippen LogP contribution in [0.15, 0.2) is 41.8 Å². The molecule has 1 N–H and O–H groups in total. The van der Waals surface area contributed by atoms with Crippen molar-refractivity contribution in [3.63, 3.8) is 0 Å². The molecular formula is C12H12F3NOS. The van der Waals surface area contributed by atoms with E-state index >= 15 is 0 Å². The van der Waals surface area contributed by atoms with E-state index in [-0.39, 0.29) is 5.56 Å². The molecule has 0 aliphatic carbocycles. The summed E-state index contributed by atoms with van der Waals surface area (Å²) in [5, 5.41) is 3.05. The molecule has 1 aromatic rings. The molecule has 1 aliphatic heterocycles. The Morgan fingerprint density at radius 2 is 1.89 bits per heavy atom. The first-order valence-electron chi connectivity index (χ1n) is 5.20. The molecule has 18 heavy (non-hydrogen) atoms. The maximum Gasteiger partial charge on any atom is 0.484 e. The van der Waals surface area contributed by atoms with Crippen molar-refractivity contribution >= 4 is 17.7 Å². The lowest BCUT2D eigenvalue weighted by Gasteiger charge is -2.07. The molecule has 2 rings (SSSR count). The minimum absolute atomic E-state index is 0.0141.